The number of Topliss-reactive ketones (excluding diaryl/α,β-unsaturated/α-hetero) is 1. The van der Waals surface area contributed by atoms with Gasteiger partial charge in [-0.25, -0.2) is 0 Å². The Morgan fingerprint density at radius 1 is 1.57 bits per heavy atom. The second-order valence-electron chi connectivity index (χ2n) is 4.70. The molecule has 0 aromatic rings. The average molecular weight is 194 g/mol. The summed E-state index contributed by atoms with van der Waals surface area (Å²) in [4.78, 5) is 23.2. The quantitative estimate of drug-likeness (QED) is 0.630. The number of rotatable bonds is 3. The summed E-state index contributed by atoms with van der Waals surface area (Å²) >= 11 is 0. The van der Waals surface area contributed by atoms with Crippen molar-refractivity contribution in [3.8, 4) is 0 Å². The normalized spacial score (nSPS) is 46.9. The van der Waals surface area contributed by atoms with E-state index in [-0.39, 0.29) is 23.7 Å². The van der Waals surface area contributed by atoms with Crippen LogP contribution in [0.15, 0.2) is 0 Å². The van der Waals surface area contributed by atoms with Crippen molar-refractivity contribution in [3.05, 3.63) is 0 Å². The van der Waals surface area contributed by atoms with Gasteiger partial charge in [0, 0.05) is 11.8 Å². The van der Waals surface area contributed by atoms with E-state index in [1.54, 1.807) is 0 Å². The first-order valence-electron chi connectivity index (χ1n) is 5.46. The summed E-state index contributed by atoms with van der Waals surface area (Å²) in [6.07, 6.45) is 1.81. The number of ketones is 1. The van der Waals surface area contributed by atoms with Crippen LogP contribution in [0.4, 0.5) is 0 Å². The first kappa shape index (κ1) is 8.45. The van der Waals surface area contributed by atoms with Crippen molar-refractivity contribution in [3.63, 3.8) is 0 Å². The molecule has 0 saturated heterocycles. The molecule has 4 fully saturated rings. The molecule has 0 aliphatic heterocycles. The first-order chi connectivity index (χ1) is 6.75. The summed E-state index contributed by atoms with van der Waals surface area (Å²) < 4.78 is 5.13. The fourth-order valence-electron chi connectivity index (χ4n) is 3.46. The Morgan fingerprint density at radius 2 is 2.36 bits per heavy atom. The van der Waals surface area contributed by atoms with Crippen molar-refractivity contribution in [2.45, 2.75) is 19.8 Å². The summed E-state index contributed by atoms with van der Waals surface area (Å²) in [5, 5.41) is 0. The summed E-state index contributed by atoms with van der Waals surface area (Å²) in [6.45, 7) is 2.48. The van der Waals surface area contributed by atoms with Crippen LogP contribution in [0, 0.1) is 29.6 Å². The fourth-order valence-corrected chi connectivity index (χ4v) is 3.46. The number of esters is 1. The highest BCUT2D eigenvalue weighted by Crippen LogP contribution is 2.71. The molecule has 0 aromatic carbocycles. The molecule has 0 amide bonds. The van der Waals surface area contributed by atoms with Crippen LogP contribution in [0.2, 0.25) is 0 Å². The van der Waals surface area contributed by atoms with Crippen LogP contribution >= 0.6 is 0 Å². The molecule has 0 N–H and O–H groups in total. The third-order valence-electron chi connectivity index (χ3n) is 4.02. The van der Waals surface area contributed by atoms with Gasteiger partial charge in [0.1, 0.15) is 5.78 Å². The van der Waals surface area contributed by atoms with Gasteiger partial charge in [-0.15, -0.1) is 0 Å². The van der Waals surface area contributed by atoms with Crippen LogP contribution in [0.3, 0.4) is 0 Å². The molecule has 4 unspecified atom stereocenters. The zero-order valence-corrected chi connectivity index (χ0v) is 8.23. The van der Waals surface area contributed by atoms with E-state index >= 15 is 0 Å². The Balaban J connectivity index is 1.71. The Morgan fingerprint density at radius 3 is 2.79 bits per heavy atom. The van der Waals surface area contributed by atoms with Gasteiger partial charge in [-0.2, -0.15) is 0 Å². The van der Waals surface area contributed by atoms with Crippen molar-refractivity contribution < 1.29 is 14.3 Å². The van der Waals surface area contributed by atoms with E-state index in [0.29, 0.717) is 24.2 Å². The molecule has 5 atom stereocenters. The van der Waals surface area contributed by atoms with Gasteiger partial charge in [-0.3, -0.25) is 9.59 Å². The van der Waals surface area contributed by atoms with Gasteiger partial charge in [0.2, 0.25) is 0 Å². The fraction of sp³-hybridized carbons (Fsp3) is 0.818. The van der Waals surface area contributed by atoms with Crippen molar-refractivity contribution in [2.75, 3.05) is 6.61 Å². The maximum Gasteiger partial charge on any atom is 0.309 e. The maximum atomic E-state index is 11.6. The molecule has 0 radical (unpaired) electrons. The summed E-state index contributed by atoms with van der Waals surface area (Å²) in [7, 11) is 0. The predicted octanol–water partition coefficient (Wildman–Crippen LogP) is 1.02. The lowest BCUT2D eigenvalue weighted by molar-refractivity contribution is -0.150. The summed E-state index contributed by atoms with van der Waals surface area (Å²) in [6, 6.07) is 0. The Hall–Kier alpha value is -0.860. The van der Waals surface area contributed by atoms with E-state index in [4.69, 9.17) is 4.74 Å². The molecule has 3 nitrogen and oxygen atoms in total. The second kappa shape index (κ2) is 2.59. The molecule has 0 heterocycles. The van der Waals surface area contributed by atoms with Gasteiger partial charge in [-0.05, 0) is 24.7 Å². The van der Waals surface area contributed by atoms with Gasteiger partial charge < -0.3 is 4.74 Å². The van der Waals surface area contributed by atoms with Crippen LogP contribution in [0.25, 0.3) is 0 Å². The van der Waals surface area contributed by atoms with E-state index < -0.39 is 0 Å². The average Bonchev–Trinajstić information content (AvgIpc) is 2.51. The Bertz CT molecular complexity index is 310. The first-order valence-corrected chi connectivity index (χ1v) is 5.46. The van der Waals surface area contributed by atoms with Crippen molar-refractivity contribution in [1.29, 1.82) is 0 Å². The number of ether oxygens (including phenoxy) is 1. The standard InChI is InChI=1S/C11H14O3/c1-2-3-14-11(13)9-6-4-5-7(9)8(5)10(6)12/h5-9H,2-4H2,1H3/t5?,6?,7?,8?,9-/m0/s1. The molecule has 4 aliphatic rings. The monoisotopic (exact) mass is 194 g/mol. The SMILES string of the molecule is CCCOC(=O)[C@H]1C2CC3C(C2=O)C31. The van der Waals surface area contributed by atoms with Crippen LogP contribution in [0.5, 0.6) is 0 Å². The van der Waals surface area contributed by atoms with Gasteiger partial charge in [0.15, 0.2) is 0 Å². The lowest BCUT2D eigenvalue weighted by Gasteiger charge is -2.12. The van der Waals surface area contributed by atoms with Crippen molar-refractivity contribution in [2.24, 2.45) is 29.6 Å². The molecule has 3 heteroatoms. The highest BCUT2D eigenvalue weighted by molar-refractivity contribution is 5.98. The number of hydrogen-bond donors (Lipinski definition) is 0. The summed E-state index contributed by atoms with van der Waals surface area (Å²) in [5.74, 6) is 1.36. The molecule has 0 spiro atoms. The van der Waals surface area contributed by atoms with Gasteiger partial charge in [0.25, 0.3) is 0 Å². The topological polar surface area (TPSA) is 43.4 Å². The summed E-state index contributed by atoms with van der Waals surface area (Å²) in [5.41, 5.74) is 0. The number of carbonyl (C=O) groups excluding carboxylic acids is 2. The van der Waals surface area contributed by atoms with Gasteiger partial charge in [0.05, 0.1) is 12.5 Å². The van der Waals surface area contributed by atoms with Crippen molar-refractivity contribution >= 4 is 11.8 Å². The number of hydrogen-bond acceptors (Lipinski definition) is 3. The van der Waals surface area contributed by atoms with E-state index in [0.717, 1.165) is 12.8 Å². The molecule has 76 valence electrons. The maximum absolute atomic E-state index is 11.6. The van der Waals surface area contributed by atoms with E-state index in [2.05, 4.69) is 0 Å². The zero-order valence-electron chi connectivity index (χ0n) is 8.23. The molecule has 4 aliphatic carbocycles. The van der Waals surface area contributed by atoms with Crippen LogP contribution in [-0.2, 0) is 14.3 Å². The third-order valence-corrected chi connectivity index (χ3v) is 4.02. The second-order valence-corrected chi connectivity index (χ2v) is 4.70. The van der Waals surface area contributed by atoms with Crippen molar-refractivity contribution in [1.82, 2.24) is 0 Å². The van der Waals surface area contributed by atoms with Crippen LogP contribution in [0.1, 0.15) is 19.8 Å². The van der Waals surface area contributed by atoms with Gasteiger partial charge in [-0.1, -0.05) is 6.92 Å². The van der Waals surface area contributed by atoms with Crippen LogP contribution in [-0.4, -0.2) is 18.4 Å². The minimum atomic E-state index is -0.113. The minimum absolute atomic E-state index is 0.0272. The van der Waals surface area contributed by atoms with E-state index in [1.807, 2.05) is 6.92 Å². The third kappa shape index (κ3) is 0.830. The minimum Gasteiger partial charge on any atom is -0.465 e. The lowest BCUT2D eigenvalue weighted by Crippen LogP contribution is -2.23. The van der Waals surface area contributed by atoms with Gasteiger partial charge >= 0.3 is 5.97 Å². The smallest absolute Gasteiger partial charge is 0.309 e. The molecule has 14 heavy (non-hydrogen) atoms. The highest BCUT2D eigenvalue weighted by Gasteiger charge is 2.75. The molecule has 0 aromatic heterocycles. The van der Waals surface area contributed by atoms with E-state index in [9.17, 15) is 9.59 Å². The molecule has 4 bridgehead atoms. The molecule has 4 rings (SSSR count). The Kier molecular flexibility index (Phi) is 1.56. The predicted molar refractivity (Wildman–Crippen MR) is 48.3 cm³/mol. The Labute approximate surface area is 82.8 Å². The molecule has 4 saturated carbocycles. The molecular weight excluding hydrogens is 180 g/mol. The molecular formula is C11H14O3. The largest absolute Gasteiger partial charge is 0.465 e. The zero-order chi connectivity index (χ0) is 9.87. The van der Waals surface area contributed by atoms with E-state index in [1.165, 1.54) is 0 Å². The number of carbonyl (C=O) groups is 2. The van der Waals surface area contributed by atoms with Crippen LogP contribution < -0.4 is 0 Å². The lowest BCUT2D eigenvalue weighted by atomic mass is 9.98. The highest BCUT2D eigenvalue weighted by atomic mass is 16.5.